The summed E-state index contributed by atoms with van der Waals surface area (Å²) in [6, 6.07) is 17.0. The summed E-state index contributed by atoms with van der Waals surface area (Å²) in [5, 5.41) is 0. The fourth-order valence-electron chi connectivity index (χ4n) is 2.75. The minimum atomic E-state index is 0.183. The van der Waals surface area contributed by atoms with Gasteiger partial charge < -0.3 is 10.3 Å². The van der Waals surface area contributed by atoms with Crippen molar-refractivity contribution in [3.63, 3.8) is 0 Å². The third-order valence-electron chi connectivity index (χ3n) is 4.08. The molecule has 2 aromatic carbocycles. The second kappa shape index (κ2) is 5.58. The van der Waals surface area contributed by atoms with Gasteiger partial charge in [-0.05, 0) is 28.7 Å². The number of aromatic nitrogens is 2. The lowest BCUT2D eigenvalue weighted by Crippen LogP contribution is -2.12. The van der Waals surface area contributed by atoms with Crippen LogP contribution in [0.5, 0.6) is 0 Å². The van der Waals surface area contributed by atoms with Crippen LogP contribution in [0.25, 0.3) is 11.0 Å². The number of rotatable bonds is 3. The van der Waals surface area contributed by atoms with Crippen molar-refractivity contribution >= 4 is 11.0 Å². The molecule has 1 aromatic heterocycles. The van der Waals surface area contributed by atoms with E-state index in [9.17, 15) is 0 Å². The van der Waals surface area contributed by atoms with Crippen molar-refractivity contribution in [2.24, 2.45) is 5.73 Å². The van der Waals surface area contributed by atoms with Gasteiger partial charge in [0.1, 0.15) is 5.82 Å². The first kappa shape index (κ1) is 14.8. The molecule has 22 heavy (non-hydrogen) atoms. The second-order valence-corrected chi connectivity index (χ2v) is 6.75. The first-order valence-electron chi connectivity index (χ1n) is 7.72. The van der Waals surface area contributed by atoms with E-state index >= 15 is 0 Å². The molecular formula is C19H23N3. The molecule has 0 aliphatic heterocycles. The Morgan fingerprint density at radius 3 is 2.32 bits per heavy atom. The molecule has 0 unspecified atom stereocenters. The lowest BCUT2D eigenvalue weighted by Gasteiger charge is -2.19. The zero-order valence-corrected chi connectivity index (χ0v) is 13.5. The summed E-state index contributed by atoms with van der Waals surface area (Å²) in [5.41, 5.74) is 10.8. The molecule has 0 amide bonds. The van der Waals surface area contributed by atoms with Gasteiger partial charge in [0.05, 0.1) is 17.6 Å². The van der Waals surface area contributed by atoms with Gasteiger partial charge in [-0.3, -0.25) is 0 Å². The van der Waals surface area contributed by atoms with E-state index in [1.54, 1.807) is 0 Å². The minimum Gasteiger partial charge on any atom is -0.324 e. The average Bonchev–Trinajstić information content (AvgIpc) is 2.85. The molecule has 3 heteroatoms. The maximum absolute atomic E-state index is 5.87. The van der Waals surface area contributed by atoms with Gasteiger partial charge in [-0.1, -0.05) is 57.2 Å². The normalized spacial score (nSPS) is 12.0. The fourth-order valence-corrected chi connectivity index (χ4v) is 2.75. The second-order valence-electron chi connectivity index (χ2n) is 6.75. The first-order valence-corrected chi connectivity index (χ1v) is 7.72. The van der Waals surface area contributed by atoms with Gasteiger partial charge in [-0.2, -0.15) is 0 Å². The van der Waals surface area contributed by atoms with Gasteiger partial charge >= 0.3 is 0 Å². The maximum Gasteiger partial charge on any atom is 0.123 e. The van der Waals surface area contributed by atoms with Crippen molar-refractivity contribution in [1.82, 2.24) is 9.55 Å². The molecule has 0 radical (unpaired) electrons. The summed E-state index contributed by atoms with van der Waals surface area (Å²) < 4.78 is 2.21. The Bertz CT molecular complexity index is 777. The predicted octanol–water partition coefficient (Wildman–Crippen LogP) is 3.84. The van der Waals surface area contributed by atoms with Crippen molar-refractivity contribution in [3.05, 3.63) is 65.5 Å². The highest BCUT2D eigenvalue weighted by molar-refractivity contribution is 5.76. The number of nitrogens with zero attached hydrogens (tertiary/aromatic N) is 2. The number of fused-ring (bicyclic) bond motifs is 1. The Morgan fingerprint density at radius 1 is 1.00 bits per heavy atom. The third-order valence-corrected chi connectivity index (χ3v) is 4.08. The topological polar surface area (TPSA) is 43.8 Å². The van der Waals surface area contributed by atoms with Crippen LogP contribution in [0.4, 0.5) is 0 Å². The number of imidazole rings is 1. The Kier molecular flexibility index (Phi) is 3.75. The standard InChI is InChI=1S/C19H23N3/c1-19(2,3)15-10-8-14(9-11-15)13-22-17-7-5-4-6-16(17)21-18(22)12-20/h4-11H,12-13,20H2,1-3H3. The first-order chi connectivity index (χ1) is 10.5. The van der Waals surface area contributed by atoms with Gasteiger partial charge in [0.25, 0.3) is 0 Å². The van der Waals surface area contributed by atoms with Crippen molar-refractivity contribution in [3.8, 4) is 0 Å². The van der Waals surface area contributed by atoms with Gasteiger partial charge in [-0.25, -0.2) is 4.98 Å². The molecule has 0 atom stereocenters. The van der Waals surface area contributed by atoms with E-state index in [0.717, 1.165) is 23.4 Å². The van der Waals surface area contributed by atoms with Gasteiger partial charge in [0.2, 0.25) is 0 Å². The monoisotopic (exact) mass is 293 g/mol. The Morgan fingerprint density at radius 2 is 1.68 bits per heavy atom. The Hall–Kier alpha value is -2.13. The molecule has 3 aromatic rings. The highest BCUT2D eigenvalue weighted by atomic mass is 15.1. The number of hydrogen-bond acceptors (Lipinski definition) is 2. The number of nitrogens with two attached hydrogens (primary N) is 1. The zero-order chi connectivity index (χ0) is 15.7. The molecule has 0 aliphatic rings. The lowest BCUT2D eigenvalue weighted by atomic mass is 9.87. The number of benzene rings is 2. The lowest BCUT2D eigenvalue weighted by molar-refractivity contribution is 0.589. The van der Waals surface area contributed by atoms with E-state index in [-0.39, 0.29) is 5.41 Å². The molecular weight excluding hydrogens is 270 g/mol. The van der Waals surface area contributed by atoms with E-state index < -0.39 is 0 Å². The van der Waals surface area contributed by atoms with Crippen LogP contribution in [0.2, 0.25) is 0 Å². The van der Waals surface area contributed by atoms with E-state index in [0.29, 0.717) is 6.54 Å². The van der Waals surface area contributed by atoms with Crippen LogP contribution in [0.3, 0.4) is 0 Å². The molecule has 0 spiro atoms. The molecule has 3 nitrogen and oxygen atoms in total. The zero-order valence-electron chi connectivity index (χ0n) is 13.5. The van der Waals surface area contributed by atoms with E-state index in [2.05, 4.69) is 60.7 Å². The molecule has 2 N–H and O–H groups in total. The van der Waals surface area contributed by atoms with Gasteiger partial charge in [0.15, 0.2) is 0 Å². The van der Waals surface area contributed by atoms with E-state index in [1.807, 2.05) is 18.2 Å². The molecule has 0 fully saturated rings. The minimum absolute atomic E-state index is 0.183. The highest BCUT2D eigenvalue weighted by Crippen LogP contribution is 2.23. The summed E-state index contributed by atoms with van der Waals surface area (Å²) in [6.07, 6.45) is 0. The van der Waals surface area contributed by atoms with Crippen LogP contribution >= 0.6 is 0 Å². The van der Waals surface area contributed by atoms with Crippen LogP contribution in [-0.2, 0) is 18.5 Å². The largest absolute Gasteiger partial charge is 0.324 e. The Labute approximate surface area is 131 Å². The Balaban J connectivity index is 1.96. The number of para-hydroxylation sites is 2. The summed E-state index contributed by atoms with van der Waals surface area (Å²) in [4.78, 5) is 4.62. The molecule has 114 valence electrons. The average molecular weight is 293 g/mol. The SMILES string of the molecule is CC(C)(C)c1ccc(Cn2c(CN)nc3ccccc32)cc1. The maximum atomic E-state index is 5.87. The van der Waals surface area contributed by atoms with E-state index in [1.165, 1.54) is 11.1 Å². The summed E-state index contributed by atoms with van der Waals surface area (Å²) >= 11 is 0. The van der Waals surface area contributed by atoms with E-state index in [4.69, 9.17) is 5.73 Å². The van der Waals surface area contributed by atoms with Crippen molar-refractivity contribution < 1.29 is 0 Å². The molecule has 1 heterocycles. The van der Waals surface area contributed by atoms with Crippen LogP contribution < -0.4 is 5.73 Å². The summed E-state index contributed by atoms with van der Waals surface area (Å²) in [7, 11) is 0. The highest BCUT2D eigenvalue weighted by Gasteiger charge is 2.14. The summed E-state index contributed by atoms with van der Waals surface area (Å²) in [6.45, 7) is 7.96. The van der Waals surface area contributed by atoms with Crippen molar-refractivity contribution in [2.45, 2.75) is 39.3 Å². The van der Waals surface area contributed by atoms with Gasteiger partial charge in [-0.15, -0.1) is 0 Å². The van der Waals surface area contributed by atoms with Crippen LogP contribution in [-0.4, -0.2) is 9.55 Å². The van der Waals surface area contributed by atoms with Gasteiger partial charge in [0, 0.05) is 6.54 Å². The van der Waals surface area contributed by atoms with Crippen LogP contribution in [0.1, 0.15) is 37.7 Å². The molecule has 0 saturated heterocycles. The van der Waals surface area contributed by atoms with Crippen LogP contribution in [0, 0.1) is 0 Å². The fraction of sp³-hybridized carbons (Fsp3) is 0.316. The number of hydrogen-bond donors (Lipinski definition) is 1. The molecule has 0 aliphatic carbocycles. The van der Waals surface area contributed by atoms with Crippen molar-refractivity contribution in [1.29, 1.82) is 0 Å². The quantitative estimate of drug-likeness (QED) is 0.797. The molecule has 3 rings (SSSR count). The predicted molar refractivity (Wildman–Crippen MR) is 91.9 cm³/mol. The van der Waals surface area contributed by atoms with Crippen molar-refractivity contribution in [2.75, 3.05) is 0 Å². The van der Waals surface area contributed by atoms with Crippen LogP contribution in [0.15, 0.2) is 48.5 Å². The smallest absolute Gasteiger partial charge is 0.123 e. The third kappa shape index (κ3) is 2.77. The molecule has 0 bridgehead atoms. The molecule has 0 saturated carbocycles. The summed E-state index contributed by atoms with van der Waals surface area (Å²) in [5.74, 6) is 0.932.